The van der Waals surface area contributed by atoms with Gasteiger partial charge in [-0.15, -0.1) is 0 Å². The number of aromatic nitrogens is 3. The molecule has 0 aliphatic heterocycles. The first-order chi connectivity index (χ1) is 14.2. The topological polar surface area (TPSA) is 88.8 Å². The molecular formula is C22H20N4O3. The molecule has 0 unspecified atom stereocenters. The highest BCUT2D eigenvalue weighted by Gasteiger charge is 2.11. The van der Waals surface area contributed by atoms with E-state index in [0.717, 1.165) is 33.9 Å². The van der Waals surface area contributed by atoms with Gasteiger partial charge >= 0.3 is 0 Å². The Labute approximate surface area is 167 Å². The van der Waals surface area contributed by atoms with Crippen LogP contribution in [0.25, 0.3) is 28.2 Å². The molecule has 2 aromatic carbocycles. The van der Waals surface area contributed by atoms with Gasteiger partial charge in [0.05, 0.1) is 37.5 Å². The Kier molecular flexibility index (Phi) is 5.22. The van der Waals surface area contributed by atoms with E-state index in [1.54, 1.807) is 31.6 Å². The Bertz CT molecular complexity index is 1150. The number of nitrogens with zero attached hydrogens (tertiary/aromatic N) is 3. The zero-order valence-electron chi connectivity index (χ0n) is 15.9. The molecule has 0 radical (unpaired) electrons. The molecule has 0 saturated carbocycles. The second kappa shape index (κ2) is 8.12. The number of amides is 1. The SMILES string of the molecule is COc1ccc(-c2cnc3cnc(-c4cccc(C(=O)NCCO)c4)cn23)cc1. The van der Waals surface area contributed by atoms with Crippen LogP contribution in [-0.4, -0.2) is 45.6 Å². The summed E-state index contributed by atoms with van der Waals surface area (Å²) < 4.78 is 7.20. The molecule has 0 bridgehead atoms. The van der Waals surface area contributed by atoms with Crippen molar-refractivity contribution < 1.29 is 14.6 Å². The summed E-state index contributed by atoms with van der Waals surface area (Å²) in [6.07, 6.45) is 5.43. The Morgan fingerprint density at radius 2 is 1.93 bits per heavy atom. The summed E-state index contributed by atoms with van der Waals surface area (Å²) in [6.45, 7) is 0.117. The van der Waals surface area contributed by atoms with Gasteiger partial charge in [0.1, 0.15) is 5.75 Å². The number of methoxy groups -OCH3 is 1. The highest BCUT2D eigenvalue weighted by molar-refractivity contribution is 5.95. The van der Waals surface area contributed by atoms with Gasteiger partial charge in [0.2, 0.25) is 0 Å². The summed E-state index contributed by atoms with van der Waals surface area (Å²) in [6, 6.07) is 15.0. The van der Waals surface area contributed by atoms with Gasteiger partial charge in [-0.1, -0.05) is 12.1 Å². The van der Waals surface area contributed by atoms with Crippen LogP contribution in [0.4, 0.5) is 0 Å². The average Bonchev–Trinajstić information content (AvgIpc) is 3.21. The first-order valence-electron chi connectivity index (χ1n) is 9.16. The molecule has 0 fully saturated rings. The molecule has 29 heavy (non-hydrogen) atoms. The third kappa shape index (κ3) is 3.81. The molecule has 2 aromatic heterocycles. The predicted molar refractivity (Wildman–Crippen MR) is 110 cm³/mol. The molecule has 0 aliphatic rings. The fourth-order valence-corrected chi connectivity index (χ4v) is 3.10. The summed E-state index contributed by atoms with van der Waals surface area (Å²) >= 11 is 0. The van der Waals surface area contributed by atoms with Crippen LogP contribution in [0.5, 0.6) is 5.75 Å². The van der Waals surface area contributed by atoms with E-state index in [0.29, 0.717) is 5.56 Å². The number of rotatable bonds is 6. The molecule has 146 valence electrons. The monoisotopic (exact) mass is 388 g/mol. The minimum absolute atomic E-state index is 0.0988. The van der Waals surface area contributed by atoms with Gasteiger partial charge in [0.25, 0.3) is 5.91 Å². The minimum Gasteiger partial charge on any atom is -0.497 e. The summed E-state index contributed by atoms with van der Waals surface area (Å²) in [7, 11) is 1.64. The number of aliphatic hydroxyl groups is 1. The van der Waals surface area contributed by atoms with Crippen LogP contribution in [0.2, 0.25) is 0 Å². The van der Waals surface area contributed by atoms with Crippen LogP contribution in [0.1, 0.15) is 10.4 Å². The van der Waals surface area contributed by atoms with Gasteiger partial charge in [-0.3, -0.25) is 14.2 Å². The molecule has 7 nitrogen and oxygen atoms in total. The van der Waals surface area contributed by atoms with E-state index in [1.807, 2.05) is 47.0 Å². The van der Waals surface area contributed by atoms with Crippen molar-refractivity contribution in [1.82, 2.24) is 19.7 Å². The van der Waals surface area contributed by atoms with Crippen molar-refractivity contribution in [2.75, 3.05) is 20.3 Å². The zero-order valence-corrected chi connectivity index (χ0v) is 15.9. The fraction of sp³-hybridized carbons (Fsp3) is 0.136. The van der Waals surface area contributed by atoms with Gasteiger partial charge in [-0.25, -0.2) is 4.98 Å². The summed E-state index contributed by atoms with van der Waals surface area (Å²) in [4.78, 5) is 21.1. The number of ether oxygens (including phenoxy) is 1. The highest BCUT2D eigenvalue weighted by atomic mass is 16.5. The van der Waals surface area contributed by atoms with Gasteiger partial charge in [-0.05, 0) is 36.4 Å². The number of carbonyl (C=O) groups is 1. The van der Waals surface area contributed by atoms with Crippen molar-refractivity contribution in [2.45, 2.75) is 0 Å². The Hall–Kier alpha value is -3.71. The number of hydrogen-bond donors (Lipinski definition) is 2. The summed E-state index contributed by atoms with van der Waals surface area (Å²) in [5.41, 5.74) is 4.73. The van der Waals surface area contributed by atoms with Crippen molar-refractivity contribution in [3.63, 3.8) is 0 Å². The molecule has 2 N–H and O–H groups in total. The fourth-order valence-electron chi connectivity index (χ4n) is 3.10. The second-order valence-electron chi connectivity index (χ2n) is 6.43. The Morgan fingerprint density at radius 1 is 1.10 bits per heavy atom. The van der Waals surface area contributed by atoms with Crippen LogP contribution < -0.4 is 10.1 Å². The van der Waals surface area contributed by atoms with Crippen molar-refractivity contribution >= 4 is 11.6 Å². The van der Waals surface area contributed by atoms with E-state index in [-0.39, 0.29) is 19.1 Å². The molecule has 7 heteroatoms. The van der Waals surface area contributed by atoms with E-state index in [2.05, 4.69) is 15.3 Å². The summed E-state index contributed by atoms with van der Waals surface area (Å²) in [5, 5.41) is 11.5. The maximum Gasteiger partial charge on any atom is 0.251 e. The molecule has 0 atom stereocenters. The van der Waals surface area contributed by atoms with Gasteiger partial charge in [0, 0.05) is 29.4 Å². The number of hydrogen-bond acceptors (Lipinski definition) is 5. The van der Waals surface area contributed by atoms with Crippen LogP contribution in [0, 0.1) is 0 Å². The first-order valence-corrected chi connectivity index (χ1v) is 9.16. The van der Waals surface area contributed by atoms with E-state index in [1.165, 1.54) is 0 Å². The highest BCUT2D eigenvalue weighted by Crippen LogP contribution is 2.25. The van der Waals surface area contributed by atoms with Gasteiger partial charge in [0.15, 0.2) is 5.65 Å². The molecule has 1 amide bonds. The quantitative estimate of drug-likeness (QED) is 0.530. The third-order valence-corrected chi connectivity index (χ3v) is 4.60. The van der Waals surface area contributed by atoms with Crippen molar-refractivity contribution in [1.29, 1.82) is 0 Å². The van der Waals surface area contributed by atoms with E-state index in [4.69, 9.17) is 9.84 Å². The second-order valence-corrected chi connectivity index (χ2v) is 6.43. The Balaban J connectivity index is 1.71. The molecule has 4 rings (SSSR count). The van der Waals surface area contributed by atoms with Crippen LogP contribution in [0.15, 0.2) is 67.1 Å². The van der Waals surface area contributed by atoms with Gasteiger partial charge in [-0.2, -0.15) is 0 Å². The lowest BCUT2D eigenvalue weighted by Crippen LogP contribution is -2.26. The standard InChI is InChI=1S/C22H20N4O3/c1-29-18-7-5-15(6-8-18)20-12-25-21-13-24-19(14-26(20)21)16-3-2-4-17(11-16)22(28)23-9-10-27/h2-8,11-14,27H,9-10H2,1H3,(H,23,28). The van der Waals surface area contributed by atoms with Gasteiger partial charge < -0.3 is 15.2 Å². The van der Waals surface area contributed by atoms with Crippen molar-refractivity contribution in [2.24, 2.45) is 0 Å². The number of carbonyl (C=O) groups excluding carboxylic acids is 1. The zero-order chi connectivity index (χ0) is 20.2. The average molecular weight is 388 g/mol. The lowest BCUT2D eigenvalue weighted by molar-refractivity contribution is 0.0945. The van der Waals surface area contributed by atoms with E-state index >= 15 is 0 Å². The number of benzene rings is 2. The molecule has 0 aliphatic carbocycles. The normalized spacial score (nSPS) is 10.8. The Morgan fingerprint density at radius 3 is 2.69 bits per heavy atom. The third-order valence-electron chi connectivity index (χ3n) is 4.60. The van der Waals surface area contributed by atoms with Crippen molar-refractivity contribution in [3.8, 4) is 28.3 Å². The van der Waals surface area contributed by atoms with Crippen LogP contribution in [0.3, 0.4) is 0 Å². The maximum absolute atomic E-state index is 12.2. The molecular weight excluding hydrogens is 368 g/mol. The molecule has 4 aromatic rings. The van der Waals surface area contributed by atoms with E-state index in [9.17, 15) is 4.79 Å². The molecule has 0 spiro atoms. The number of fused-ring (bicyclic) bond motifs is 1. The largest absolute Gasteiger partial charge is 0.497 e. The number of nitrogens with one attached hydrogen (secondary N) is 1. The smallest absolute Gasteiger partial charge is 0.251 e. The van der Waals surface area contributed by atoms with E-state index < -0.39 is 0 Å². The van der Waals surface area contributed by atoms with Crippen LogP contribution in [-0.2, 0) is 0 Å². The molecule has 0 saturated heterocycles. The maximum atomic E-state index is 12.2. The van der Waals surface area contributed by atoms with Crippen molar-refractivity contribution in [3.05, 3.63) is 72.7 Å². The summed E-state index contributed by atoms with van der Waals surface area (Å²) in [5.74, 6) is 0.560. The number of aliphatic hydroxyl groups excluding tert-OH is 1. The van der Waals surface area contributed by atoms with Crippen LogP contribution >= 0.6 is 0 Å². The predicted octanol–water partition coefficient (Wildman–Crippen LogP) is 2.79. The number of imidazole rings is 1. The lowest BCUT2D eigenvalue weighted by Gasteiger charge is -2.08. The minimum atomic E-state index is -0.233. The first kappa shape index (κ1) is 18.6. The lowest BCUT2D eigenvalue weighted by atomic mass is 10.1. The molecule has 2 heterocycles.